The molecule has 0 aromatic rings. The first-order chi connectivity index (χ1) is 5.95. The predicted molar refractivity (Wildman–Crippen MR) is 35.5 cm³/mol. The SMILES string of the molecule is O=C1O[C@@H]([C@@H](O)C(=O)O)[C@H](O)[C@H]1O. The van der Waals surface area contributed by atoms with Gasteiger partial charge in [-0.05, 0) is 0 Å². The Morgan fingerprint density at radius 1 is 1.46 bits per heavy atom. The standard InChI is InChI=1S/C6H8O7/c7-1-2(8)6(12)13-4(1)3(9)5(10)11/h1-4,7-9H,(H,10,11)/t1-,2-,3-,4-/m1/s1. The Morgan fingerprint density at radius 2 is 2.00 bits per heavy atom. The molecule has 0 bridgehead atoms. The molecule has 4 N–H and O–H groups in total. The zero-order valence-electron chi connectivity index (χ0n) is 6.32. The minimum Gasteiger partial charge on any atom is -0.479 e. The number of hydrogen-bond acceptors (Lipinski definition) is 6. The van der Waals surface area contributed by atoms with Crippen LogP contribution in [0.15, 0.2) is 0 Å². The molecule has 74 valence electrons. The van der Waals surface area contributed by atoms with Crippen LogP contribution in [0.4, 0.5) is 0 Å². The Morgan fingerprint density at radius 3 is 2.31 bits per heavy atom. The van der Waals surface area contributed by atoms with Gasteiger partial charge >= 0.3 is 11.9 Å². The van der Waals surface area contributed by atoms with Crippen molar-refractivity contribution in [2.45, 2.75) is 24.4 Å². The number of hydrogen-bond donors (Lipinski definition) is 4. The van der Waals surface area contributed by atoms with Crippen molar-refractivity contribution in [2.75, 3.05) is 0 Å². The monoisotopic (exact) mass is 192 g/mol. The Hall–Kier alpha value is -1.18. The van der Waals surface area contributed by atoms with Gasteiger partial charge in [-0.2, -0.15) is 0 Å². The lowest BCUT2D eigenvalue weighted by Gasteiger charge is -2.15. The van der Waals surface area contributed by atoms with Crippen LogP contribution in [-0.2, 0) is 14.3 Å². The van der Waals surface area contributed by atoms with E-state index >= 15 is 0 Å². The number of aliphatic hydroxyl groups excluding tert-OH is 3. The highest BCUT2D eigenvalue weighted by molar-refractivity contribution is 5.80. The van der Waals surface area contributed by atoms with E-state index in [1.54, 1.807) is 0 Å². The molecular weight excluding hydrogens is 184 g/mol. The number of aliphatic hydroxyl groups is 3. The molecule has 4 atom stereocenters. The molecule has 0 aromatic carbocycles. The van der Waals surface area contributed by atoms with Crippen LogP contribution in [0.3, 0.4) is 0 Å². The molecule has 0 radical (unpaired) electrons. The molecule has 0 saturated carbocycles. The first-order valence-corrected chi connectivity index (χ1v) is 3.42. The van der Waals surface area contributed by atoms with Crippen molar-refractivity contribution in [2.24, 2.45) is 0 Å². The van der Waals surface area contributed by atoms with Gasteiger partial charge < -0.3 is 25.2 Å². The van der Waals surface area contributed by atoms with Crippen LogP contribution in [0.5, 0.6) is 0 Å². The number of carboxylic acid groups (broad SMARTS) is 1. The van der Waals surface area contributed by atoms with Gasteiger partial charge in [0, 0.05) is 0 Å². The average molecular weight is 192 g/mol. The molecule has 1 fully saturated rings. The smallest absolute Gasteiger partial charge is 0.338 e. The van der Waals surface area contributed by atoms with E-state index in [-0.39, 0.29) is 0 Å². The molecule has 1 aliphatic rings. The van der Waals surface area contributed by atoms with Crippen LogP contribution in [0, 0.1) is 0 Å². The van der Waals surface area contributed by atoms with Gasteiger partial charge in [0.25, 0.3) is 0 Å². The lowest BCUT2D eigenvalue weighted by Crippen LogP contribution is -2.42. The summed E-state index contributed by atoms with van der Waals surface area (Å²) in [4.78, 5) is 20.8. The molecule has 1 rings (SSSR count). The van der Waals surface area contributed by atoms with Crippen LogP contribution in [0.1, 0.15) is 0 Å². The van der Waals surface area contributed by atoms with E-state index in [0.29, 0.717) is 0 Å². The summed E-state index contributed by atoms with van der Waals surface area (Å²) in [6.45, 7) is 0. The molecule has 0 aliphatic carbocycles. The first kappa shape index (κ1) is 9.90. The van der Waals surface area contributed by atoms with Crippen LogP contribution in [0.2, 0.25) is 0 Å². The van der Waals surface area contributed by atoms with Gasteiger partial charge in [0.1, 0.15) is 6.10 Å². The zero-order chi connectivity index (χ0) is 10.2. The molecule has 1 saturated heterocycles. The Bertz CT molecular complexity index is 237. The second kappa shape index (κ2) is 3.29. The van der Waals surface area contributed by atoms with Crippen molar-refractivity contribution >= 4 is 11.9 Å². The quantitative estimate of drug-likeness (QED) is 0.345. The van der Waals surface area contributed by atoms with Crippen LogP contribution >= 0.6 is 0 Å². The van der Waals surface area contributed by atoms with Gasteiger partial charge in [0.2, 0.25) is 0 Å². The third kappa shape index (κ3) is 1.62. The molecule has 7 heteroatoms. The highest BCUT2D eigenvalue weighted by atomic mass is 16.6. The number of carbonyl (C=O) groups is 2. The summed E-state index contributed by atoms with van der Waals surface area (Å²) >= 11 is 0. The van der Waals surface area contributed by atoms with E-state index in [1.165, 1.54) is 0 Å². The van der Waals surface area contributed by atoms with Crippen molar-refractivity contribution in [3.63, 3.8) is 0 Å². The lowest BCUT2D eigenvalue weighted by atomic mass is 10.1. The highest BCUT2D eigenvalue weighted by Gasteiger charge is 2.48. The van der Waals surface area contributed by atoms with Crippen LogP contribution < -0.4 is 0 Å². The molecule has 0 amide bonds. The fraction of sp³-hybridized carbons (Fsp3) is 0.667. The molecule has 0 unspecified atom stereocenters. The van der Waals surface area contributed by atoms with Gasteiger partial charge in [-0.1, -0.05) is 0 Å². The van der Waals surface area contributed by atoms with E-state index in [4.69, 9.17) is 20.4 Å². The Kier molecular flexibility index (Phi) is 2.50. The maximum atomic E-state index is 10.6. The van der Waals surface area contributed by atoms with Gasteiger partial charge in [-0.25, -0.2) is 9.59 Å². The van der Waals surface area contributed by atoms with Crippen molar-refractivity contribution in [1.29, 1.82) is 0 Å². The van der Waals surface area contributed by atoms with E-state index in [1.807, 2.05) is 0 Å². The predicted octanol–water partition coefficient (Wildman–Crippen LogP) is -2.92. The van der Waals surface area contributed by atoms with E-state index in [9.17, 15) is 9.59 Å². The number of esters is 1. The fourth-order valence-electron chi connectivity index (χ4n) is 0.984. The molecule has 1 aliphatic heterocycles. The summed E-state index contributed by atoms with van der Waals surface area (Å²) in [5, 5.41) is 35.0. The highest BCUT2D eigenvalue weighted by Crippen LogP contribution is 2.18. The number of carbonyl (C=O) groups excluding carboxylic acids is 1. The van der Waals surface area contributed by atoms with Crippen LogP contribution in [-0.4, -0.2) is 56.8 Å². The molecule has 0 spiro atoms. The van der Waals surface area contributed by atoms with Gasteiger partial charge in [0.05, 0.1) is 0 Å². The largest absolute Gasteiger partial charge is 0.479 e. The van der Waals surface area contributed by atoms with Gasteiger partial charge in [0.15, 0.2) is 18.3 Å². The maximum absolute atomic E-state index is 10.6. The minimum absolute atomic E-state index is 1.14. The summed E-state index contributed by atoms with van der Waals surface area (Å²) in [5.41, 5.74) is 0. The molecule has 13 heavy (non-hydrogen) atoms. The average Bonchev–Trinajstić information content (AvgIpc) is 2.31. The Labute approximate surface area is 72.2 Å². The van der Waals surface area contributed by atoms with Crippen molar-refractivity contribution in [3.8, 4) is 0 Å². The molecule has 7 nitrogen and oxygen atoms in total. The third-order valence-corrected chi connectivity index (χ3v) is 1.72. The summed E-state index contributed by atoms with van der Waals surface area (Å²) < 4.78 is 4.24. The summed E-state index contributed by atoms with van der Waals surface area (Å²) in [5.74, 6) is -2.77. The minimum atomic E-state index is -2.03. The van der Waals surface area contributed by atoms with Crippen molar-refractivity contribution in [1.82, 2.24) is 0 Å². The van der Waals surface area contributed by atoms with Crippen molar-refractivity contribution < 1.29 is 34.8 Å². The molecule has 1 heterocycles. The van der Waals surface area contributed by atoms with E-state index in [2.05, 4.69) is 4.74 Å². The zero-order valence-corrected chi connectivity index (χ0v) is 6.32. The summed E-state index contributed by atoms with van der Waals surface area (Å²) in [7, 11) is 0. The Balaban J connectivity index is 2.73. The number of rotatable bonds is 2. The second-order valence-electron chi connectivity index (χ2n) is 2.62. The summed E-state index contributed by atoms with van der Waals surface area (Å²) in [6.07, 6.45) is -7.14. The number of carboxylic acids is 1. The second-order valence-corrected chi connectivity index (χ2v) is 2.62. The van der Waals surface area contributed by atoms with Gasteiger partial charge in [-0.3, -0.25) is 0 Å². The number of ether oxygens (including phenoxy) is 1. The maximum Gasteiger partial charge on any atom is 0.338 e. The molecular formula is C6H8O7. The fourth-order valence-corrected chi connectivity index (χ4v) is 0.984. The normalized spacial score (nSPS) is 35.6. The van der Waals surface area contributed by atoms with Gasteiger partial charge in [-0.15, -0.1) is 0 Å². The van der Waals surface area contributed by atoms with E-state index < -0.39 is 36.4 Å². The number of cyclic esters (lactones) is 1. The summed E-state index contributed by atoms with van der Waals surface area (Å²) in [6, 6.07) is 0. The van der Waals surface area contributed by atoms with E-state index in [0.717, 1.165) is 0 Å². The first-order valence-electron chi connectivity index (χ1n) is 3.42. The third-order valence-electron chi connectivity index (χ3n) is 1.72. The topological polar surface area (TPSA) is 124 Å². The lowest BCUT2D eigenvalue weighted by molar-refractivity contribution is -0.161. The van der Waals surface area contributed by atoms with Crippen LogP contribution in [0.25, 0.3) is 0 Å². The van der Waals surface area contributed by atoms with Crippen molar-refractivity contribution in [3.05, 3.63) is 0 Å². The molecule has 0 aromatic heterocycles. The number of aliphatic carboxylic acids is 1.